The number of nitrogens with one attached hydrogen (secondary N) is 2. The fraction of sp³-hybridized carbons (Fsp3) is 0.0588. The highest BCUT2D eigenvalue weighted by atomic mass is 16.7. The van der Waals surface area contributed by atoms with Gasteiger partial charge in [0.15, 0.2) is 11.5 Å². The molecule has 1 amide bonds. The number of para-hydroxylation sites is 1. The summed E-state index contributed by atoms with van der Waals surface area (Å²) in [7, 11) is 0. The first-order valence-electron chi connectivity index (χ1n) is 7.31. The van der Waals surface area contributed by atoms with Crippen molar-refractivity contribution >= 4 is 28.7 Å². The summed E-state index contributed by atoms with van der Waals surface area (Å²) in [6, 6.07) is 12.9. The van der Waals surface area contributed by atoms with Gasteiger partial charge in [-0.1, -0.05) is 18.2 Å². The number of rotatable bonds is 3. The van der Waals surface area contributed by atoms with Crippen molar-refractivity contribution in [2.45, 2.75) is 0 Å². The Kier molecular flexibility index (Phi) is 3.31. The van der Waals surface area contributed by atoms with E-state index in [1.54, 1.807) is 12.1 Å². The summed E-state index contributed by atoms with van der Waals surface area (Å²) in [4.78, 5) is 15.2. The Labute approximate surface area is 137 Å². The van der Waals surface area contributed by atoms with E-state index in [0.29, 0.717) is 22.9 Å². The number of aromatic amines is 1. The van der Waals surface area contributed by atoms with Crippen molar-refractivity contribution in [3.63, 3.8) is 0 Å². The van der Waals surface area contributed by atoms with E-state index >= 15 is 0 Å². The molecule has 0 unspecified atom stereocenters. The molecule has 2 heterocycles. The van der Waals surface area contributed by atoms with Gasteiger partial charge in [-0.3, -0.25) is 4.79 Å². The van der Waals surface area contributed by atoms with Crippen LogP contribution in [0.3, 0.4) is 0 Å². The van der Waals surface area contributed by atoms with Crippen LogP contribution >= 0.6 is 0 Å². The molecule has 7 heteroatoms. The van der Waals surface area contributed by atoms with Gasteiger partial charge < -0.3 is 20.2 Å². The third-order valence-corrected chi connectivity index (χ3v) is 3.75. The minimum Gasteiger partial charge on any atom is -0.454 e. The Balaban J connectivity index is 1.50. The van der Waals surface area contributed by atoms with Crippen molar-refractivity contribution in [3.05, 3.63) is 53.7 Å². The highest BCUT2D eigenvalue weighted by Gasteiger charge is 2.15. The summed E-state index contributed by atoms with van der Waals surface area (Å²) in [5.74, 6) is 0.952. The largest absolute Gasteiger partial charge is 0.454 e. The smallest absolute Gasteiger partial charge is 0.289 e. The molecule has 1 aliphatic rings. The van der Waals surface area contributed by atoms with Crippen LogP contribution in [-0.2, 0) is 0 Å². The SMILES string of the molecule is Nc1c(C(=O)N/N=C/c2ccc3c(c2)OCO3)[nH]c2ccccc12. The number of hydrogen-bond donors (Lipinski definition) is 3. The summed E-state index contributed by atoms with van der Waals surface area (Å²) in [6.07, 6.45) is 1.53. The molecule has 0 saturated carbocycles. The molecule has 0 aliphatic carbocycles. The molecular weight excluding hydrogens is 308 g/mol. The number of ether oxygens (including phenoxy) is 2. The summed E-state index contributed by atoms with van der Waals surface area (Å²) in [6.45, 7) is 0.215. The normalized spacial score (nSPS) is 12.8. The number of benzene rings is 2. The van der Waals surface area contributed by atoms with Crippen LogP contribution in [0.1, 0.15) is 16.1 Å². The molecule has 120 valence electrons. The van der Waals surface area contributed by atoms with Crippen LogP contribution < -0.4 is 20.6 Å². The number of carbonyl (C=O) groups excluding carboxylic acids is 1. The Morgan fingerprint density at radius 1 is 1.21 bits per heavy atom. The monoisotopic (exact) mass is 322 g/mol. The van der Waals surface area contributed by atoms with E-state index in [1.807, 2.05) is 30.3 Å². The van der Waals surface area contributed by atoms with Gasteiger partial charge in [0, 0.05) is 10.9 Å². The summed E-state index contributed by atoms with van der Waals surface area (Å²) < 4.78 is 10.5. The van der Waals surface area contributed by atoms with Gasteiger partial charge in [0.25, 0.3) is 5.91 Å². The van der Waals surface area contributed by atoms with E-state index in [1.165, 1.54) is 6.21 Å². The summed E-state index contributed by atoms with van der Waals surface area (Å²) in [5.41, 5.74) is 10.8. The van der Waals surface area contributed by atoms with Crippen molar-refractivity contribution < 1.29 is 14.3 Å². The molecule has 0 saturated heterocycles. The molecular formula is C17H14N4O3. The lowest BCUT2D eigenvalue weighted by molar-refractivity contribution is 0.0952. The van der Waals surface area contributed by atoms with Gasteiger partial charge in [0.1, 0.15) is 5.69 Å². The average molecular weight is 322 g/mol. The van der Waals surface area contributed by atoms with Crippen LogP contribution in [0.15, 0.2) is 47.6 Å². The highest BCUT2D eigenvalue weighted by molar-refractivity contribution is 6.07. The van der Waals surface area contributed by atoms with Crippen molar-refractivity contribution in [2.24, 2.45) is 5.10 Å². The van der Waals surface area contributed by atoms with Crippen molar-refractivity contribution in [3.8, 4) is 11.5 Å². The van der Waals surface area contributed by atoms with Crippen LogP contribution in [0, 0.1) is 0 Å². The molecule has 1 aromatic heterocycles. The molecule has 0 atom stereocenters. The molecule has 4 rings (SSSR count). The second-order valence-corrected chi connectivity index (χ2v) is 5.27. The minimum absolute atomic E-state index is 0.215. The first kappa shape index (κ1) is 14.1. The van der Waals surface area contributed by atoms with E-state index in [4.69, 9.17) is 15.2 Å². The van der Waals surface area contributed by atoms with Crippen LogP contribution in [0.5, 0.6) is 11.5 Å². The zero-order valence-electron chi connectivity index (χ0n) is 12.6. The van der Waals surface area contributed by atoms with Crippen LogP contribution in [0.25, 0.3) is 10.9 Å². The van der Waals surface area contributed by atoms with Gasteiger partial charge in [0.2, 0.25) is 6.79 Å². The van der Waals surface area contributed by atoms with Gasteiger partial charge in [-0.2, -0.15) is 5.10 Å². The van der Waals surface area contributed by atoms with Gasteiger partial charge in [-0.15, -0.1) is 0 Å². The number of anilines is 1. The summed E-state index contributed by atoms with van der Waals surface area (Å²) >= 11 is 0. The fourth-order valence-electron chi connectivity index (χ4n) is 2.56. The zero-order valence-corrected chi connectivity index (χ0v) is 12.6. The topological polar surface area (TPSA) is 102 Å². The fourth-order valence-corrected chi connectivity index (χ4v) is 2.56. The van der Waals surface area contributed by atoms with Gasteiger partial charge >= 0.3 is 0 Å². The van der Waals surface area contributed by atoms with E-state index in [-0.39, 0.29) is 6.79 Å². The van der Waals surface area contributed by atoms with Gasteiger partial charge in [0.05, 0.1) is 11.9 Å². The quantitative estimate of drug-likeness (QED) is 0.508. The van der Waals surface area contributed by atoms with Crippen LogP contribution in [0.2, 0.25) is 0 Å². The number of nitrogens with zero attached hydrogens (tertiary/aromatic N) is 1. The number of hydrogen-bond acceptors (Lipinski definition) is 5. The second-order valence-electron chi connectivity index (χ2n) is 5.27. The van der Waals surface area contributed by atoms with E-state index in [0.717, 1.165) is 16.5 Å². The predicted octanol–water partition coefficient (Wildman–Crippen LogP) is 2.24. The maximum Gasteiger partial charge on any atom is 0.289 e. The van der Waals surface area contributed by atoms with Crippen LogP contribution in [-0.4, -0.2) is 23.9 Å². The van der Waals surface area contributed by atoms with E-state index in [9.17, 15) is 4.79 Å². The molecule has 2 aromatic carbocycles. The minimum atomic E-state index is -0.402. The average Bonchev–Trinajstić information content (AvgIpc) is 3.19. The molecule has 3 aromatic rings. The maximum absolute atomic E-state index is 12.2. The first-order valence-corrected chi connectivity index (χ1v) is 7.31. The number of amides is 1. The van der Waals surface area contributed by atoms with Crippen molar-refractivity contribution in [1.82, 2.24) is 10.4 Å². The predicted molar refractivity (Wildman–Crippen MR) is 90.3 cm³/mol. The molecule has 24 heavy (non-hydrogen) atoms. The third-order valence-electron chi connectivity index (χ3n) is 3.75. The number of nitrogen functional groups attached to an aromatic ring is 1. The lowest BCUT2D eigenvalue weighted by atomic mass is 10.2. The van der Waals surface area contributed by atoms with E-state index < -0.39 is 5.91 Å². The highest BCUT2D eigenvalue weighted by Crippen LogP contribution is 2.32. The molecule has 1 aliphatic heterocycles. The van der Waals surface area contributed by atoms with Crippen LogP contribution in [0.4, 0.5) is 5.69 Å². The first-order chi connectivity index (χ1) is 11.7. The van der Waals surface area contributed by atoms with Gasteiger partial charge in [-0.25, -0.2) is 5.43 Å². The Morgan fingerprint density at radius 2 is 2.04 bits per heavy atom. The molecule has 0 spiro atoms. The molecule has 0 fully saturated rings. The summed E-state index contributed by atoms with van der Waals surface area (Å²) in [5, 5.41) is 4.77. The van der Waals surface area contributed by atoms with Crippen molar-refractivity contribution in [1.29, 1.82) is 0 Å². The molecule has 0 radical (unpaired) electrons. The number of fused-ring (bicyclic) bond motifs is 2. The maximum atomic E-state index is 12.2. The number of H-pyrrole nitrogens is 1. The Morgan fingerprint density at radius 3 is 2.92 bits per heavy atom. The number of carbonyl (C=O) groups is 1. The van der Waals surface area contributed by atoms with Crippen molar-refractivity contribution in [2.75, 3.05) is 12.5 Å². The zero-order chi connectivity index (χ0) is 16.5. The lowest BCUT2D eigenvalue weighted by Crippen LogP contribution is -2.19. The Hall–Kier alpha value is -3.48. The standard InChI is InChI=1S/C17H14N4O3/c18-15-11-3-1-2-4-12(11)20-16(15)17(22)21-19-8-10-5-6-13-14(7-10)24-9-23-13/h1-8,20H,9,18H2,(H,21,22)/b19-8+. The number of hydrazone groups is 1. The molecule has 0 bridgehead atoms. The second kappa shape index (κ2) is 5.62. The third kappa shape index (κ3) is 2.41. The van der Waals surface area contributed by atoms with Gasteiger partial charge in [-0.05, 0) is 29.8 Å². The number of aromatic nitrogens is 1. The Bertz CT molecular complexity index is 962. The lowest BCUT2D eigenvalue weighted by Gasteiger charge is -1.99. The molecule has 4 N–H and O–H groups in total. The number of nitrogens with two attached hydrogens (primary N) is 1. The molecule has 7 nitrogen and oxygen atoms in total. The van der Waals surface area contributed by atoms with E-state index in [2.05, 4.69) is 15.5 Å².